The molecule has 0 saturated heterocycles. The van der Waals surface area contributed by atoms with Crippen LogP contribution >= 0.6 is 0 Å². The van der Waals surface area contributed by atoms with Gasteiger partial charge in [-0.3, -0.25) is 4.79 Å². The maximum absolute atomic E-state index is 12.5. The number of hydrogen-bond donors (Lipinski definition) is 1. The topological polar surface area (TPSA) is 63.6 Å². The summed E-state index contributed by atoms with van der Waals surface area (Å²) < 4.78 is 5.15. The van der Waals surface area contributed by atoms with E-state index in [2.05, 4.69) is 13.8 Å². The third kappa shape index (κ3) is 2.33. The van der Waals surface area contributed by atoms with Gasteiger partial charge in [0.15, 0.2) is 0 Å². The van der Waals surface area contributed by atoms with Gasteiger partial charge >= 0.3 is 11.9 Å². The summed E-state index contributed by atoms with van der Waals surface area (Å²) >= 11 is 0. The van der Waals surface area contributed by atoms with E-state index in [9.17, 15) is 14.7 Å². The van der Waals surface area contributed by atoms with Crippen molar-refractivity contribution in [1.82, 2.24) is 0 Å². The summed E-state index contributed by atoms with van der Waals surface area (Å²) in [5, 5.41) is 9.72. The molecule has 4 heteroatoms. The summed E-state index contributed by atoms with van der Waals surface area (Å²) in [6.07, 6.45) is 6.69. The molecule has 0 bridgehead atoms. The molecule has 0 heterocycles. The second-order valence-corrected chi connectivity index (χ2v) is 8.63. The minimum absolute atomic E-state index is 0.00954. The molecule has 3 rings (SSSR count). The average molecular weight is 334 g/mol. The van der Waals surface area contributed by atoms with E-state index in [0.717, 1.165) is 44.9 Å². The number of aliphatic carboxylic acids is 1. The quantitative estimate of drug-likeness (QED) is 0.769. The molecule has 0 aromatic heterocycles. The highest BCUT2D eigenvalue weighted by Crippen LogP contribution is 2.64. The number of carbonyl (C=O) groups excluding carboxylic acids is 1. The number of carbonyl (C=O) groups is 2. The number of ether oxygens (including phenoxy) is 1. The van der Waals surface area contributed by atoms with Crippen molar-refractivity contribution >= 4 is 11.9 Å². The number of allylic oxidation sites excluding steroid dienone is 1. The Labute approximate surface area is 144 Å². The van der Waals surface area contributed by atoms with Crippen LogP contribution in [0.4, 0.5) is 0 Å². The lowest BCUT2D eigenvalue weighted by molar-refractivity contribution is -0.168. The van der Waals surface area contributed by atoms with Crippen LogP contribution in [0.15, 0.2) is 11.1 Å². The monoisotopic (exact) mass is 334 g/mol. The first-order valence-corrected chi connectivity index (χ1v) is 9.30. The smallest absolute Gasteiger partial charge is 0.331 e. The molecule has 4 nitrogen and oxygen atoms in total. The van der Waals surface area contributed by atoms with Crippen LogP contribution in [0.5, 0.6) is 0 Å². The molecular weight excluding hydrogens is 304 g/mol. The Bertz CT molecular complexity index is 592. The number of carboxylic acid groups (broad SMARTS) is 1. The minimum atomic E-state index is -0.740. The molecule has 5 atom stereocenters. The molecule has 0 amide bonds. The van der Waals surface area contributed by atoms with Crippen LogP contribution in [-0.4, -0.2) is 24.2 Å². The van der Waals surface area contributed by atoms with Crippen LogP contribution in [0.25, 0.3) is 0 Å². The predicted molar refractivity (Wildman–Crippen MR) is 91.4 cm³/mol. The Morgan fingerprint density at radius 1 is 1.17 bits per heavy atom. The zero-order chi connectivity index (χ0) is 17.7. The summed E-state index contributed by atoms with van der Waals surface area (Å²) in [5.74, 6) is -0.0972. The van der Waals surface area contributed by atoms with E-state index in [1.54, 1.807) is 0 Å². The van der Waals surface area contributed by atoms with Crippen LogP contribution < -0.4 is 0 Å². The highest BCUT2D eigenvalue weighted by Gasteiger charge is 2.59. The van der Waals surface area contributed by atoms with Crippen molar-refractivity contribution in [2.45, 2.75) is 65.7 Å². The van der Waals surface area contributed by atoms with Gasteiger partial charge in [0.05, 0.1) is 12.5 Å². The molecule has 134 valence electrons. The van der Waals surface area contributed by atoms with E-state index in [-0.39, 0.29) is 23.2 Å². The van der Waals surface area contributed by atoms with Crippen LogP contribution in [-0.2, 0) is 14.3 Å². The van der Waals surface area contributed by atoms with Crippen molar-refractivity contribution in [2.75, 3.05) is 7.11 Å². The van der Waals surface area contributed by atoms with E-state index < -0.39 is 11.4 Å². The third-order valence-corrected chi connectivity index (χ3v) is 7.50. The van der Waals surface area contributed by atoms with Gasteiger partial charge in [-0.25, -0.2) is 4.79 Å². The third-order valence-electron chi connectivity index (χ3n) is 7.50. The van der Waals surface area contributed by atoms with Gasteiger partial charge in [-0.05, 0) is 68.6 Å². The maximum Gasteiger partial charge on any atom is 0.331 e. The molecule has 0 aromatic carbocycles. The van der Waals surface area contributed by atoms with E-state index in [1.165, 1.54) is 12.7 Å². The molecule has 2 fully saturated rings. The fraction of sp³-hybridized carbons (Fsp3) is 0.800. The molecule has 0 aliphatic heterocycles. The largest absolute Gasteiger partial charge is 0.478 e. The molecule has 2 saturated carbocycles. The fourth-order valence-electron chi connectivity index (χ4n) is 6.38. The minimum Gasteiger partial charge on any atom is -0.478 e. The van der Waals surface area contributed by atoms with Gasteiger partial charge in [0, 0.05) is 5.57 Å². The first-order valence-electron chi connectivity index (χ1n) is 9.30. The van der Waals surface area contributed by atoms with Crippen LogP contribution in [0, 0.1) is 28.6 Å². The van der Waals surface area contributed by atoms with E-state index in [1.807, 2.05) is 6.92 Å². The van der Waals surface area contributed by atoms with Crippen molar-refractivity contribution in [1.29, 1.82) is 0 Å². The summed E-state index contributed by atoms with van der Waals surface area (Å²) in [7, 11) is 1.48. The Kier molecular flexibility index (Phi) is 4.29. The molecule has 0 spiro atoms. The predicted octanol–water partition coefficient (Wildman–Crippen LogP) is 4.19. The molecule has 3 aliphatic carbocycles. The van der Waals surface area contributed by atoms with Gasteiger partial charge < -0.3 is 9.84 Å². The number of methoxy groups -OCH3 is 1. The molecule has 3 aliphatic rings. The molecular formula is C20H30O4. The van der Waals surface area contributed by atoms with Gasteiger partial charge in [-0.2, -0.15) is 0 Å². The van der Waals surface area contributed by atoms with Gasteiger partial charge in [0.25, 0.3) is 0 Å². The van der Waals surface area contributed by atoms with E-state index in [4.69, 9.17) is 4.74 Å². The van der Waals surface area contributed by atoms with Gasteiger partial charge in [0.2, 0.25) is 0 Å². The van der Waals surface area contributed by atoms with Crippen molar-refractivity contribution in [3.05, 3.63) is 11.1 Å². The highest BCUT2D eigenvalue weighted by atomic mass is 16.5. The zero-order valence-electron chi connectivity index (χ0n) is 15.4. The number of hydrogen-bond acceptors (Lipinski definition) is 3. The normalized spacial score (nSPS) is 42.1. The first-order chi connectivity index (χ1) is 11.3. The van der Waals surface area contributed by atoms with Crippen molar-refractivity contribution in [2.24, 2.45) is 28.6 Å². The highest BCUT2D eigenvalue weighted by molar-refractivity contribution is 5.88. The van der Waals surface area contributed by atoms with Gasteiger partial charge in [-0.1, -0.05) is 25.8 Å². The van der Waals surface area contributed by atoms with Crippen molar-refractivity contribution in [3.8, 4) is 0 Å². The van der Waals surface area contributed by atoms with Crippen LogP contribution in [0.1, 0.15) is 65.7 Å². The summed E-state index contributed by atoms with van der Waals surface area (Å²) in [5.41, 5.74) is 1.42. The summed E-state index contributed by atoms with van der Waals surface area (Å²) in [6.45, 7) is 6.41. The number of rotatable bonds is 2. The Morgan fingerprint density at radius 2 is 1.88 bits per heavy atom. The fourth-order valence-corrected chi connectivity index (χ4v) is 6.38. The summed E-state index contributed by atoms with van der Waals surface area (Å²) in [4.78, 5) is 24.4. The molecule has 1 N–H and O–H groups in total. The lowest BCUT2D eigenvalue weighted by atomic mass is 9.45. The van der Waals surface area contributed by atoms with Crippen LogP contribution in [0.3, 0.4) is 0 Å². The molecule has 24 heavy (non-hydrogen) atoms. The SMILES string of the molecule is COC(=O)[C@]1(C)CCC[C@@]2(C)[C@H]1CCC1=C(C(=O)O)[C@@H](C)CC[C@@H]12. The zero-order valence-corrected chi connectivity index (χ0v) is 15.4. The van der Waals surface area contributed by atoms with Gasteiger partial charge in [-0.15, -0.1) is 0 Å². The van der Waals surface area contributed by atoms with Crippen molar-refractivity contribution < 1.29 is 19.4 Å². The van der Waals surface area contributed by atoms with Gasteiger partial charge in [0.1, 0.15) is 0 Å². The number of carboxylic acids is 1. The number of esters is 1. The Balaban J connectivity index is 2.05. The number of fused-ring (bicyclic) bond motifs is 3. The second kappa shape index (κ2) is 5.89. The van der Waals surface area contributed by atoms with Crippen molar-refractivity contribution in [3.63, 3.8) is 0 Å². The molecule has 0 radical (unpaired) electrons. The van der Waals surface area contributed by atoms with E-state index in [0.29, 0.717) is 11.5 Å². The molecule has 0 aromatic rings. The lowest BCUT2D eigenvalue weighted by Gasteiger charge is -2.59. The van der Waals surface area contributed by atoms with E-state index >= 15 is 0 Å². The standard InChI is InChI=1S/C20H30O4/c1-12-6-8-14-13(16(12)17(21)22)7-9-15-19(14,2)10-5-11-20(15,3)18(23)24-4/h12,14-15H,5-11H2,1-4H3,(H,21,22)/t12-,14-,15+,19+,20+/m0/s1. The average Bonchev–Trinajstić information content (AvgIpc) is 2.52. The summed E-state index contributed by atoms with van der Waals surface area (Å²) in [6, 6.07) is 0. The molecule has 0 unspecified atom stereocenters. The first kappa shape index (κ1) is 17.5. The lowest BCUT2D eigenvalue weighted by Crippen LogP contribution is -2.54. The Hall–Kier alpha value is -1.32. The van der Waals surface area contributed by atoms with Crippen LogP contribution in [0.2, 0.25) is 0 Å². The second-order valence-electron chi connectivity index (χ2n) is 8.63. The maximum atomic E-state index is 12.5. The Morgan fingerprint density at radius 3 is 2.50 bits per heavy atom.